The second-order valence-corrected chi connectivity index (χ2v) is 7.07. The summed E-state index contributed by atoms with van der Waals surface area (Å²) in [6.45, 7) is 1.73. The van der Waals surface area contributed by atoms with E-state index >= 15 is 0 Å². The van der Waals surface area contributed by atoms with Gasteiger partial charge in [0.05, 0.1) is 21.5 Å². The van der Waals surface area contributed by atoms with E-state index in [1.165, 1.54) is 17.8 Å². The summed E-state index contributed by atoms with van der Waals surface area (Å²) >= 11 is 7.04. The van der Waals surface area contributed by atoms with Crippen LogP contribution in [0.25, 0.3) is 0 Å². The number of alkyl halides is 3. The Balaban J connectivity index is 1.91. The quantitative estimate of drug-likeness (QED) is 0.665. The summed E-state index contributed by atoms with van der Waals surface area (Å²) in [5, 5.41) is 1.91. The maximum absolute atomic E-state index is 14.0. The van der Waals surface area contributed by atoms with Crippen LogP contribution in [-0.2, 0) is 11.0 Å². The summed E-state index contributed by atoms with van der Waals surface area (Å²) in [7, 11) is 0. The normalized spacial score (nSPS) is 17.0. The molecule has 1 heterocycles. The lowest BCUT2D eigenvalue weighted by molar-refractivity contribution is -0.137. The molecule has 9 heteroatoms. The van der Waals surface area contributed by atoms with Crippen LogP contribution in [0, 0.1) is 5.82 Å². The Hall–Kier alpha value is -1.93. The second-order valence-electron chi connectivity index (χ2n) is 5.28. The van der Waals surface area contributed by atoms with Gasteiger partial charge in [-0.25, -0.2) is 4.39 Å². The van der Waals surface area contributed by atoms with E-state index in [1.54, 1.807) is 19.1 Å². The number of carbonyl (C=O) groups is 1. The van der Waals surface area contributed by atoms with Crippen molar-refractivity contribution in [2.45, 2.75) is 23.2 Å². The first kappa shape index (κ1) is 17.9. The number of carbonyl (C=O) groups excluding carboxylic acids is 1. The van der Waals surface area contributed by atoms with Crippen LogP contribution in [-0.4, -0.2) is 11.2 Å². The highest BCUT2D eigenvalue weighted by Crippen LogP contribution is 2.41. The van der Waals surface area contributed by atoms with Gasteiger partial charge >= 0.3 is 6.18 Å². The van der Waals surface area contributed by atoms with Crippen molar-refractivity contribution in [1.82, 2.24) is 0 Å². The van der Waals surface area contributed by atoms with Crippen LogP contribution in [0.3, 0.4) is 0 Å². The van der Waals surface area contributed by atoms with Crippen LogP contribution in [0.2, 0.25) is 5.02 Å². The minimum Gasteiger partial charge on any atom is -0.453 e. The van der Waals surface area contributed by atoms with Crippen molar-refractivity contribution in [3.8, 4) is 11.5 Å². The molecular formula is C16H10ClF4NO2S. The lowest BCUT2D eigenvalue weighted by Crippen LogP contribution is -2.26. The third-order valence-electron chi connectivity index (χ3n) is 3.43. The highest BCUT2D eigenvalue weighted by molar-refractivity contribution is 8.01. The third-order valence-corrected chi connectivity index (χ3v) is 4.87. The maximum atomic E-state index is 14.0. The Morgan fingerprint density at radius 3 is 2.60 bits per heavy atom. The van der Waals surface area contributed by atoms with Crippen LogP contribution in [0.4, 0.5) is 23.2 Å². The van der Waals surface area contributed by atoms with Gasteiger partial charge in [0.25, 0.3) is 0 Å². The smallest absolute Gasteiger partial charge is 0.416 e. The number of ether oxygens (including phenoxy) is 1. The van der Waals surface area contributed by atoms with Gasteiger partial charge in [0.2, 0.25) is 5.91 Å². The Bertz CT molecular complexity index is 834. The lowest BCUT2D eigenvalue weighted by atomic mass is 10.2. The molecule has 3 rings (SSSR count). The van der Waals surface area contributed by atoms with Crippen molar-refractivity contribution in [3.63, 3.8) is 0 Å². The van der Waals surface area contributed by atoms with Crippen molar-refractivity contribution in [2.24, 2.45) is 0 Å². The molecule has 0 spiro atoms. The second kappa shape index (κ2) is 6.42. The van der Waals surface area contributed by atoms with E-state index in [4.69, 9.17) is 16.3 Å². The molecule has 0 saturated heterocycles. The summed E-state index contributed by atoms with van der Waals surface area (Å²) in [5.74, 6) is -1.66. The van der Waals surface area contributed by atoms with Gasteiger partial charge in [0.15, 0.2) is 11.6 Å². The van der Waals surface area contributed by atoms with E-state index in [1.807, 2.05) is 0 Å². The van der Waals surface area contributed by atoms with Gasteiger partial charge in [0, 0.05) is 4.90 Å². The van der Waals surface area contributed by atoms with Crippen molar-refractivity contribution < 1.29 is 27.1 Å². The average molecular weight is 392 g/mol. The van der Waals surface area contributed by atoms with Crippen molar-refractivity contribution >= 4 is 35.0 Å². The van der Waals surface area contributed by atoms with Crippen molar-refractivity contribution in [1.29, 1.82) is 0 Å². The number of anilines is 1. The highest BCUT2D eigenvalue weighted by Gasteiger charge is 2.33. The number of benzene rings is 2. The van der Waals surface area contributed by atoms with Crippen LogP contribution in [0.5, 0.6) is 11.5 Å². The topological polar surface area (TPSA) is 38.3 Å². The molecule has 0 aromatic heterocycles. The van der Waals surface area contributed by atoms with Crippen LogP contribution in [0.1, 0.15) is 12.5 Å². The van der Waals surface area contributed by atoms with E-state index in [0.717, 1.165) is 0 Å². The first-order chi connectivity index (χ1) is 11.6. The van der Waals surface area contributed by atoms with Gasteiger partial charge in [0.1, 0.15) is 5.75 Å². The SMILES string of the molecule is CC1Sc2cc(Oc3c(F)cc(C(F)(F)F)cc3Cl)ccc2NC1=O. The van der Waals surface area contributed by atoms with Gasteiger partial charge in [-0.05, 0) is 37.3 Å². The molecule has 132 valence electrons. The van der Waals surface area contributed by atoms with Crippen molar-refractivity contribution in [3.05, 3.63) is 46.7 Å². The van der Waals surface area contributed by atoms with E-state index in [0.29, 0.717) is 22.7 Å². The van der Waals surface area contributed by atoms with E-state index in [9.17, 15) is 22.4 Å². The molecule has 0 fully saturated rings. The largest absolute Gasteiger partial charge is 0.453 e. The molecule has 2 aromatic rings. The Kier molecular flexibility index (Phi) is 4.59. The van der Waals surface area contributed by atoms with Gasteiger partial charge in [-0.15, -0.1) is 11.8 Å². The molecule has 0 saturated carbocycles. The van der Waals surface area contributed by atoms with E-state index in [2.05, 4.69) is 5.32 Å². The molecule has 0 bridgehead atoms. The predicted molar refractivity (Wildman–Crippen MR) is 86.9 cm³/mol. The molecule has 0 aliphatic carbocycles. The van der Waals surface area contributed by atoms with E-state index in [-0.39, 0.29) is 16.9 Å². The molecule has 1 aliphatic heterocycles. The summed E-state index contributed by atoms with van der Waals surface area (Å²) in [6, 6.07) is 5.52. The van der Waals surface area contributed by atoms with Gasteiger partial charge in [-0.1, -0.05) is 11.6 Å². The Morgan fingerprint density at radius 2 is 1.96 bits per heavy atom. The summed E-state index contributed by atoms with van der Waals surface area (Å²) in [6.07, 6.45) is -4.71. The monoisotopic (exact) mass is 391 g/mol. The van der Waals surface area contributed by atoms with Crippen LogP contribution >= 0.6 is 23.4 Å². The summed E-state index contributed by atoms with van der Waals surface area (Å²) < 4.78 is 57.3. The number of amides is 1. The minimum atomic E-state index is -4.71. The zero-order chi connectivity index (χ0) is 18.4. The molecule has 1 atom stereocenters. The lowest BCUT2D eigenvalue weighted by Gasteiger charge is -2.22. The van der Waals surface area contributed by atoms with Crippen LogP contribution in [0.15, 0.2) is 35.2 Å². The number of thioether (sulfide) groups is 1. The fraction of sp³-hybridized carbons (Fsp3) is 0.188. The molecule has 0 radical (unpaired) electrons. The zero-order valence-electron chi connectivity index (χ0n) is 12.6. The molecule has 25 heavy (non-hydrogen) atoms. The number of rotatable bonds is 2. The fourth-order valence-electron chi connectivity index (χ4n) is 2.18. The van der Waals surface area contributed by atoms with Crippen LogP contribution < -0.4 is 10.1 Å². The van der Waals surface area contributed by atoms with Gasteiger partial charge in [-0.2, -0.15) is 13.2 Å². The first-order valence-electron chi connectivity index (χ1n) is 7.01. The number of hydrogen-bond donors (Lipinski definition) is 1. The molecule has 3 nitrogen and oxygen atoms in total. The summed E-state index contributed by atoms with van der Waals surface area (Å²) in [5.41, 5.74) is -0.612. The standard InChI is InChI=1S/C16H10ClF4NO2S/c1-7-15(23)22-12-3-2-9(6-13(12)25-7)24-14-10(17)4-8(5-11(14)18)16(19,20)21/h2-7H,1H3,(H,22,23). The first-order valence-corrected chi connectivity index (χ1v) is 8.26. The third kappa shape index (κ3) is 3.69. The van der Waals surface area contributed by atoms with Crippen molar-refractivity contribution in [2.75, 3.05) is 5.32 Å². The molecule has 1 amide bonds. The molecule has 2 aromatic carbocycles. The Labute approximate surface area is 149 Å². The number of nitrogens with one attached hydrogen (secondary N) is 1. The van der Waals surface area contributed by atoms with Gasteiger partial charge in [-0.3, -0.25) is 4.79 Å². The maximum Gasteiger partial charge on any atom is 0.416 e. The zero-order valence-corrected chi connectivity index (χ0v) is 14.2. The molecular weight excluding hydrogens is 382 g/mol. The number of hydrogen-bond acceptors (Lipinski definition) is 3. The highest BCUT2D eigenvalue weighted by atomic mass is 35.5. The molecule has 1 unspecified atom stereocenters. The Morgan fingerprint density at radius 1 is 1.24 bits per heavy atom. The predicted octanol–water partition coefficient (Wildman–Crippen LogP) is 5.72. The fourth-order valence-corrected chi connectivity index (χ4v) is 3.41. The average Bonchev–Trinajstić information content (AvgIpc) is 2.51. The van der Waals surface area contributed by atoms with Gasteiger partial charge < -0.3 is 10.1 Å². The number of fused-ring (bicyclic) bond motifs is 1. The van der Waals surface area contributed by atoms with E-state index < -0.39 is 28.3 Å². The summed E-state index contributed by atoms with van der Waals surface area (Å²) in [4.78, 5) is 12.3. The molecule has 1 aliphatic rings. The molecule has 1 N–H and O–H groups in total. The number of halogens is 5. The minimum absolute atomic E-state index is 0.136.